The lowest BCUT2D eigenvalue weighted by molar-refractivity contribution is 0.211. The zero-order valence-corrected chi connectivity index (χ0v) is 10.4. The number of halogens is 1. The molecule has 0 bridgehead atoms. The van der Waals surface area contributed by atoms with Crippen molar-refractivity contribution in [1.82, 2.24) is 10.2 Å². The van der Waals surface area contributed by atoms with Crippen molar-refractivity contribution in [2.45, 2.75) is 31.7 Å². The molecule has 0 aromatic heterocycles. The molecular formula is C9H19FN2O3Si. The number of hydrogen-bond donors (Lipinski definition) is 3. The number of carbonyl (C=O) groups excluding carboxylic acids is 1. The maximum absolute atomic E-state index is 13.1. The van der Waals surface area contributed by atoms with E-state index in [4.69, 9.17) is 9.59 Å². The van der Waals surface area contributed by atoms with E-state index < -0.39 is 14.4 Å². The van der Waals surface area contributed by atoms with E-state index in [0.717, 1.165) is 0 Å². The van der Waals surface area contributed by atoms with Crippen molar-refractivity contribution in [2.24, 2.45) is 0 Å². The Bertz CT molecular complexity index is 247. The topological polar surface area (TPSA) is 72.8 Å². The summed E-state index contributed by atoms with van der Waals surface area (Å²) in [6, 6.07) is -0.155. The molecule has 5 nitrogen and oxygen atoms in total. The van der Waals surface area contributed by atoms with Crippen LogP contribution in [0.15, 0.2) is 0 Å². The third-order valence-electron chi connectivity index (χ3n) is 2.85. The summed E-state index contributed by atoms with van der Waals surface area (Å²) in [5, 5.41) is 2.64. The van der Waals surface area contributed by atoms with Crippen LogP contribution in [0.3, 0.4) is 0 Å². The van der Waals surface area contributed by atoms with Crippen molar-refractivity contribution >= 4 is 14.9 Å². The minimum atomic E-state index is -4.56. The van der Waals surface area contributed by atoms with Crippen molar-refractivity contribution in [3.8, 4) is 0 Å². The second-order valence-electron chi connectivity index (χ2n) is 4.13. The number of nitrogens with zero attached hydrogens (tertiary/aromatic N) is 1. The Hall–Kier alpha value is -0.663. The number of urea groups is 1. The number of rotatable bonds is 6. The van der Waals surface area contributed by atoms with Crippen LogP contribution in [0.1, 0.15) is 26.2 Å². The van der Waals surface area contributed by atoms with E-state index in [0.29, 0.717) is 38.9 Å². The molecule has 1 fully saturated rings. The first-order chi connectivity index (χ1) is 7.45. The van der Waals surface area contributed by atoms with Crippen LogP contribution in [0.5, 0.6) is 0 Å². The first kappa shape index (κ1) is 13.4. The number of amides is 2. The van der Waals surface area contributed by atoms with Crippen molar-refractivity contribution in [3.05, 3.63) is 0 Å². The normalized spacial score (nSPS) is 18.8. The minimum Gasteiger partial charge on any atom is -0.387 e. The van der Waals surface area contributed by atoms with Crippen LogP contribution < -0.4 is 5.32 Å². The van der Waals surface area contributed by atoms with Crippen molar-refractivity contribution in [2.75, 3.05) is 19.6 Å². The number of carbonyl (C=O) groups is 1. The van der Waals surface area contributed by atoms with Gasteiger partial charge >= 0.3 is 14.9 Å². The van der Waals surface area contributed by atoms with Gasteiger partial charge in [-0.25, -0.2) is 8.90 Å². The van der Waals surface area contributed by atoms with Crippen LogP contribution in [0.2, 0.25) is 5.54 Å². The van der Waals surface area contributed by atoms with Crippen molar-refractivity contribution < 1.29 is 18.5 Å². The highest BCUT2D eigenvalue weighted by Gasteiger charge is 2.41. The Morgan fingerprint density at radius 3 is 2.69 bits per heavy atom. The van der Waals surface area contributed by atoms with Gasteiger partial charge in [0.05, 0.1) is 0 Å². The van der Waals surface area contributed by atoms with Crippen LogP contribution >= 0.6 is 0 Å². The lowest BCUT2D eigenvalue weighted by Gasteiger charge is -2.22. The summed E-state index contributed by atoms with van der Waals surface area (Å²) in [5.74, 6) is 0. The van der Waals surface area contributed by atoms with Gasteiger partial charge in [0.25, 0.3) is 0 Å². The fraction of sp³-hybridized carbons (Fsp3) is 0.889. The first-order valence-electron chi connectivity index (χ1n) is 5.61. The van der Waals surface area contributed by atoms with Crippen LogP contribution in [0, 0.1) is 0 Å². The molecule has 1 aliphatic rings. The van der Waals surface area contributed by atoms with Gasteiger partial charge < -0.3 is 19.8 Å². The Morgan fingerprint density at radius 1 is 1.56 bits per heavy atom. The largest absolute Gasteiger partial charge is 0.537 e. The van der Waals surface area contributed by atoms with Gasteiger partial charge in [-0.3, -0.25) is 0 Å². The lowest BCUT2D eigenvalue weighted by Crippen LogP contribution is -2.38. The molecule has 16 heavy (non-hydrogen) atoms. The van der Waals surface area contributed by atoms with Crippen LogP contribution in [0.25, 0.3) is 0 Å². The molecule has 2 amide bonds. The highest BCUT2D eigenvalue weighted by molar-refractivity contribution is 6.58. The van der Waals surface area contributed by atoms with Gasteiger partial charge in [-0.1, -0.05) is 13.3 Å². The lowest BCUT2D eigenvalue weighted by atomic mass is 10.2. The zero-order valence-electron chi connectivity index (χ0n) is 9.45. The molecule has 1 saturated heterocycles. The third kappa shape index (κ3) is 3.73. The minimum absolute atomic E-state index is 0.155. The summed E-state index contributed by atoms with van der Waals surface area (Å²) < 4.78 is 13.1. The van der Waals surface area contributed by atoms with E-state index in [1.54, 1.807) is 4.90 Å². The Kier molecular flexibility index (Phi) is 4.69. The fourth-order valence-corrected chi connectivity index (χ4v) is 3.05. The summed E-state index contributed by atoms with van der Waals surface area (Å²) in [7, 11) is -4.56. The SMILES string of the molecule is CCCC(CCN1CCNC1=O)[Si](O)(O)F. The van der Waals surface area contributed by atoms with Gasteiger partial charge in [0.2, 0.25) is 0 Å². The van der Waals surface area contributed by atoms with E-state index in [-0.39, 0.29) is 6.03 Å². The van der Waals surface area contributed by atoms with E-state index in [1.165, 1.54) is 0 Å². The highest BCUT2D eigenvalue weighted by atomic mass is 28.4. The maximum atomic E-state index is 13.1. The maximum Gasteiger partial charge on any atom is 0.537 e. The molecule has 1 rings (SSSR count). The fourth-order valence-electron chi connectivity index (χ4n) is 1.90. The zero-order chi connectivity index (χ0) is 12.2. The summed E-state index contributed by atoms with van der Waals surface area (Å²) in [6.45, 7) is 3.47. The quantitative estimate of drug-likeness (QED) is 0.474. The van der Waals surface area contributed by atoms with E-state index >= 15 is 0 Å². The molecule has 1 atom stereocenters. The molecule has 7 heteroatoms. The average molecular weight is 250 g/mol. The monoisotopic (exact) mass is 250 g/mol. The number of nitrogens with one attached hydrogen (secondary N) is 1. The highest BCUT2D eigenvalue weighted by Crippen LogP contribution is 2.27. The molecule has 0 spiro atoms. The van der Waals surface area contributed by atoms with Gasteiger partial charge in [0, 0.05) is 25.2 Å². The Balaban J connectivity index is 2.40. The second kappa shape index (κ2) is 5.60. The molecule has 0 aromatic rings. The van der Waals surface area contributed by atoms with Crippen molar-refractivity contribution in [3.63, 3.8) is 0 Å². The second-order valence-corrected chi connectivity index (χ2v) is 6.22. The van der Waals surface area contributed by atoms with Crippen LogP contribution in [-0.4, -0.2) is 49.1 Å². The van der Waals surface area contributed by atoms with Gasteiger partial charge in [-0.2, -0.15) is 0 Å². The van der Waals surface area contributed by atoms with E-state index in [9.17, 15) is 8.90 Å². The van der Waals surface area contributed by atoms with Gasteiger partial charge in [-0.05, 0) is 12.8 Å². The Morgan fingerprint density at radius 2 is 2.25 bits per heavy atom. The van der Waals surface area contributed by atoms with Gasteiger partial charge in [0.1, 0.15) is 0 Å². The average Bonchev–Trinajstić information content (AvgIpc) is 2.57. The summed E-state index contributed by atoms with van der Waals surface area (Å²) >= 11 is 0. The molecule has 0 aliphatic carbocycles. The molecule has 1 unspecified atom stereocenters. The molecular weight excluding hydrogens is 231 g/mol. The van der Waals surface area contributed by atoms with Gasteiger partial charge in [-0.15, -0.1) is 0 Å². The molecule has 1 aliphatic heterocycles. The predicted octanol–water partition coefficient (Wildman–Crippen LogP) is 0.465. The van der Waals surface area contributed by atoms with E-state index in [2.05, 4.69) is 5.32 Å². The Labute approximate surface area is 95.7 Å². The molecule has 0 saturated carbocycles. The standard InChI is InChI=1S/C9H19FN2O3Si/c1-2-3-8(16(10,14)15)4-6-12-7-5-11-9(12)13/h8,14-15H,2-7H2,1H3,(H,11,13). The molecule has 0 radical (unpaired) electrons. The third-order valence-corrected chi connectivity index (χ3v) is 4.47. The molecule has 0 aromatic carbocycles. The summed E-state index contributed by atoms with van der Waals surface area (Å²) in [4.78, 5) is 30.9. The van der Waals surface area contributed by atoms with E-state index in [1.807, 2.05) is 6.92 Å². The van der Waals surface area contributed by atoms with Crippen LogP contribution in [0.4, 0.5) is 8.90 Å². The smallest absolute Gasteiger partial charge is 0.387 e. The predicted molar refractivity (Wildman–Crippen MR) is 59.5 cm³/mol. The van der Waals surface area contributed by atoms with Crippen LogP contribution in [-0.2, 0) is 0 Å². The summed E-state index contributed by atoms with van der Waals surface area (Å²) in [6.07, 6.45) is 1.47. The first-order valence-corrected chi connectivity index (χ1v) is 7.46. The molecule has 1 heterocycles. The number of hydrogen-bond acceptors (Lipinski definition) is 3. The molecule has 94 valence electrons. The molecule has 3 N–H and O–H groups in total. The summed E-state index contributed by atoms with van der Waals surface area (Å²) in [5.41, 5.74) is -0.703. The van der Waals surface area contributed by atoms with Gasteiger partial charge in [0.15, 0.2) is 0 Å². The van der Waals surface area contributed by atoms with Crippen molar-refractivity contribution in [1.29, 1.82) is 0 Å².